The Labute approximate surface area is 141 Å². The number of fused-ring (bicyclic) bond motifs is 1. The lowest BCUT2D eigenvalue weighted by Gasteiger charge is -1.98. The number of hydrogen-bond acceptors (Lipinski definition) is 7. The zero-order chi connectivity index (χ0) is 17.4. The number of esters is 1. The Bertz CT molecular complexity index is 956. The van der Waals surface area contributed by atoms with Crippen LogP contribution in [0.3, 0.4) is 0 Å². The lowest BCUT2D eigenvalue weighted by molar-refractivity contribution is 0.0600. The van der Waals surface area contributed by atoms with Crippen LogP contribution in [0.5, 0.6) is 0 Å². The summed E-state index contributed by atoms with van der Waals surface area (Å²) in [5, 5.41) is 6.49. The fourth-order valence-electron chi connectivity index (χ4n) is 2.47. The van der Waals surface area contributed by atoms with Crippen LogP contribution in [0.4, 0.5) is 0 Å². The molecule has 1 aliphatic rings. The number of aromatic amines is 1. The van der Waals surface area contributed by atoms with Crippen LogP contribution in [0, 0.1) is 0 Å². The molecule has 9 heteroatoms. The summed E-state index contributed by atoms with van der Waals surface area (Å²) in [6, 6.07) is 5.00. The monoisotopic (exact) mass is 341 g/mol. The number of ether oxygens (including phenoxy) is 1. The van der Waals surface area contributed by atoms with E-state index in [0.717, 1.165) is 12.8 Å². The van der Waals surface area contributed by atoms with Crippen molar-refractivity contribution < 1.29 is 18.8 Å². The van der Waals surface area contributed by atoms with E-state index in [9.17, 15) is 9.59 Å². The third-order valence-corrected chi connectivity index (χ3v) is 3.95. The lowest BCUT2D eigenvalue weighted by atomic mass is 10.2. The van der Waals surface area contributed by atoms with Crippen LogP contribution in [-0.2, 0) is 11.3 Å². The maximum absolute atomic E-state index is 12.1. The molecule has 4 rings (SSSR count). The van der Waals surface area contributed by atoms with Gasteiger partial charge in [0.05, 0.1) is 30.3 Å². The van der Waals surface area contributed by atoms with Crippen molar-refractivity contribution in [2.24, 2.45) is 0 Å². The molecule has 3 aromatic rings. The van der Waals surface area contributed by atoms with Gasteiger partial charge in [0.15, 0.2) is 5.82 Å². The van der Waals surface area contributed by atoms with Crippen molar-refractivity contribution in [1.29, 1.82) is 0 Å². The molecule has 1 amide bonds. The number of benzene rings is 1. The normalized spacial score (nSPS) is 13.8. The summed E-state index contributed by atoms with van der Waals surface area (Å²) in [5.41, 5.74) is 1.79. The zero-order valence-electron chi connectivity index (χ0n) is 13.4. The molecule has 0 unspecified atom stereocenters. The molecule has 0 saturated heterocycles. The number of imidazole rings is 1. The number of methoxy groups -OCH3 is 1. The number of hydrogen-bond donors (Lipinski definition) is 2. The minimum Gasteiger partial charge on any atom is -0.465 e. The van der Waals surface area contributed by atoms with Gasteiger partial charge in [-0.2, -0.15) is 4.98 Å². The molecule has 25 heavy (non-hydrogen) atoms. The van der Waals surface area contributed by atoms with E-state index in [1.54, 1.807) is 18.2 Å². The maximum atomic E-state index is 12.1. The van der Waals surface area contributed by atoms with E-state index in [4.69, 9.17) is 4.52 Å². The van der Waals surface area contributed by atoms with Gasteiger partial charge in [0.2, 0.25) is 0 Å². The average molecular weight is 341 g/mol. The summed E-state index contributed by atoms with van der Waals surface area (Å²) in [4.78, 5) is 35.1. The second-order valence-electron chi connectivity index (χ2n) is 5.82. The third-order valence-electron chi connectivity index (χ3n) is 3.95. The van der Waals surface area contributed by atoms with Crippen LogP contribution in [0.15, 0.2) is 22.7 Å². The van der Waals surface area contributed by atoms with Gasteiger partial charge in [-0.1, -0.05) is 5.16 Å². The van der Waals surface area contributed by atoms with Gasteiger partial charge in [-0.3, -0.25) is 4.79 Å². The SMILES string of the molecule is COC(=O)c1ccc2nc(CNC(=O)c3nc(C4CC4)no3)[nH]c2c1. The molecule has 1 fully saturated rings. The molecule has 0 spiro atoms. The van der Waals surface area contributed by atoms with Crippen LogP contribution in [0.25, 0.3) is 11.0 Å². The number of aromatic nitrogens is 4. The molecular formula is C16H15N5O4. The van der Waals surface area contributed by atoms with Crippen molar-refractivity contribution in [1.82, 2.24) is 25.4 Å². The maximum Gasteiger partial charge on any atom is 0.337 e. The number of carbonyl (C=O) groups excluding carboxylic acids is 2. The van der Waals surface area contributed by atoms with E-state index < -0.39 is 11.9 Å². The summed E-state index contributed by atoms with van der Waals surface area (Å²) >= 11 is 0. The summed E-state index contributed by atoms with van der Waals surface area (Å²) < 4.78 is 9.66. The first-order chi connectivity index (χ1) is 12.1. The summed E-state index contributed by atoms with van der Waals surface area (Å²) in [5.74, 6) is 0.538. The zero-order valence-corrected chi connectivity index (χ0v) is 13.4. The van der Waals surface area contributed by atoms with E-state index in [0.29, 0.717) is 34.2 Å². The molecule has 1 aliphatic carbocycles. The minimum absolute atomic E-state index is 0.0500. The largest absolute Gasteiger partial charge is 0.465 e. The van der Waals surface area contributed by atoms with E-state index in [1.165, 1.54) is 7.11 Å². The average Bonchev–Trinajstić information content (AvgIpc) is 3.21. The Kier molecular flexibility index (Phi) is 3.68. The van der Waals surface area contributed by atoms with Crippen molar-refractivity contribution in [3.63, 3.8) is 0 Å². The Morgan fingerprint density at radius 1 is 1.36 bits per heavy atom. The van der Waals surface area contributed by atoms with Gasteiger partial charge in [-0.15, -0.1) is 0 Å². The highest BCUT2D eigenvalue weighted by Gasteiger charge is 2.29. The highest BCUT2D eigenvalue weighted by molar-refractivity contribution is 5.93. The second-order valence-corrected chi connectivity index (χ2v) is 5.82. The Balaban J connectivity index is 1.44. The van der Waals surface area contributed by atoms with Gasteiger partial charge in [-0.25, -0.2) is 9.78 Å². The predicted molar refractivity (Wildman–Crippen MR) is 84.9 cm³/mol. The fraction of sp³-hybridized carbons (Fsp3) is 0.312. The van der Waals surface area contributed by atoms with Gasteiger partial charge < -0.3 is 19.6 Å². The lowest BCUT2D eigenvalue weighted by Crippen LogP contribution is -2.23. The van der Waals surface area contributed by atoms with E-state index >= 15 is 0 Å². The first kappa shape index (κ1) is 15.3. The molecule has 9 nitrogen and oxygen atoms in total. The molecule has 2 N–H and O–H groups in total. The smallest absolute Gasteiger partial charge is 0.337 e. The van der Waals surface area contributed by atoms with Gasteiger partial charge in [0.1, 0.15) is 5.82 Å². The molecule has 0 atom stereocenters. The number of nitrogens with zero attached hydrogens (tertiary/aromatic N) is 3. The van der Waals surface area contributed by atoms with Crippen LogP contribution >= 0.6 is 0 Å². The van der Waals surface area contributed by atoms with Crippen LogP contribution in [0.2, 0.25) is 0 Å². The fourth-order valence-corrected chi connectivity index (χ4v) is 2.47. The van der Waals surface area contributed by atoms with E-state index in [2.05, 4.69) is 30.2 Å². The van der Waals surface area contributed by atoms with Crippen LogP contribution < -0.4 is 5.32 Å². The number of H-pyrrole nitrogens is 1. The van der Waals surface area contributed by atoms with Gasteiger partial charge in [0.25, 0.3) is 0 Å². The number of nitrogens with one attached hydrogen (secondary N) is 2. The highest BCUT2D eigenvalue weighted by atomic mass is 16.5. The topological polar surface area (TPSA) is 123 Å². The van der Waals surface area contributed by atoms with E-state index in [1.807, 2.05) is 0 Å². The van der Waals surface area contributed by atoms with Crippen molar-refractivity contribution in [2.45, 2.75) is 25.3 Å². The molecule has 1 aromatic carbocycles. The minimum atomic E-state index is -0.449. The van der Waals surface area contributed by atoms with Gasteiger partial charge >= 0.3 is 17.8 Å². The number of carbonyl (C=O) groups is 2. The summed E-state index contributed by atoms with van der Waals surface area (Å²) in [6.45, 7) is 0.169. The van der Waals surface area contributed by atoms with Crippen molar-refractivity contribution in [2.75, 3.05) is 7.11 Å². The Morgan fingerprint density at radius 2 is 2.20 bits per heavy atom. The number of amides is 1. The molecule has 0 radical (unpaired) electrons. The quantitative estimate of drug-likeness (QED) is 0.675. The molecule has 128 valence electrons. The number of rotatable bonds is 5. The molecule has 2 aromatic heterocycles. The standard InChI is InChI=1S/C16H15N5O4/c1-24-16(23)9-4-5-10-11(6-9)19-12(18-10)7-17-14(22)15-20-13(21-25-15)8-2-3-8/h4-6,8H,2-3,7H2,1H3,(H,17,22)(H,18,19). The predicted octanol–water partition coefficient (Wildman–Crippen LogP) is 1.54. The van der Waals surface area contributed by atoms with Gasteiger partial charge in [-0.05, 0) is 31.0 Å². The summed E-state index contributed by atoms with van der Waals surface area (Å²) in [7, 11) is 1.33. The van der Waals surface area contributed by atoms with Crippen LogP contribution in [0.1, 0.15) is 51.5 Å². The van der Waals surface area contributed by atoms with Crippen LogP contribution in [-0.4, -0.2) is 39.1 Å². The van der Waals surface area contributed by atoms with Crippen molar-refractivity contribution >= 4 is 22.9 Å². The van der Waals surface area contributed by atoms with E-state index in [-0.39, 0.29) is 12.4 Å². The van der Waals surface area contributed by atoms with Gasteiger partial charge in [0, 0.05) is 5.92 Å². The first-order valence-electron chi connectivity index (χ1n) is 7.83. The molecule has 0 bridgehead atoms. The molecular weight excluding hydrogens is 326 g/mol. The first-order valence-corrected chi connectivity index (χ1v) is 7.83. The van der Waals surface area contributed by atoms with Crippen molar-refractivity contribution in [3.05, 3.63) is 41.3 Å². The Morgan fingerprint density at radius 3 is 2.96 bits per heavy atom. The molecule has 2 heterocycles. The third kappa shape index (κ3) is 3.08. The highest BCUT2D eigenvalue weighted by Crippen LogP contribution is 2.38. The molecule has 0 aliphatic heterocycles. The Hall–Kier alpha value is -3.23. The summed E-state index contributed by atoms with van der Waals surface area (Å²) in [6.07, 6.45) is 2.07. The second kappa shape index (κ2) is 6.00. The van der Waals surface area contributed by atoms with Crippen molar-refractivity contribution in [3.8, 4) is 0 Å². The molecule has 1 saturated carbocycles.